The van der Waals surface area contributed by atoms with Gasteiger partial charge in [-0.1, -0.05) is 62.4 Å². The van der Waals surface area contributed by atoms with Crippen LogP contribution in [0.1, 0.15) is 67.9 Å². The maximum atomic E-state index is 12.7. The molecule has 0 aromatic heterocycles. The Morgan fingerprint density at radius 2 is 1.72 bits per heavy atom. The highest BCUT2D eigenvalue weighted by Gasteiger charge is 2.40. The minimum absolute atomic E-state index is 0.0356. The van der Waals surface area contributed by atoms with E-state index in [1.54, 1.807) is 6.07 Å². The molecule has 0 saturated heterocycles. The molecule has 7 nitrogen and oxygen atoms in total. The van der Waals surface area contributed by atoms with Crippen LogP contribution >= 0.6 is 0 Å². The predicted molar refractivity (Wildman–Crippen MR) is 176 cm³/mol. The van der Waals surface area contributed by atoms with Crippen LogP contribution in [0.25, 0.3) is 0 Å². The highest BCUT2D eigenvalue weighted by atomic mass is 28.4. The van der Waals surface area contributed by atoms with Crippen molar-refractivity contribution >= 4 is 14.2 Å². The van der Waals surface area contributed by atoms with E-state index in [4.69, 9.17) is 4.74 Å². The van der Waals surface area contributed by atoms with Gasteiger partial charge in [-0.15, -0.1) is 0 Å². The molecule has 3 aromatic carbocycles. The number of hydrogen-bond acceptors (Lipinski definition) is 6. The number of rotatable bonds is 16. The second-order valence-corrected chi connectivity index (χ2v) is 17.2. The summed E-state index contributed by atoms with van der Waals surface area (Å²) >= 11 is 0. The minimum atomic E-state index is -2.45. The summed E-state index contributed by atoms with van der Waals surface area (Å²) in [5.41, 5.74) is 4.62. The Balaban J connectivity index is 1.62. The molecule has 0 aliphatic rings. The number of aromatic hydroxyl groups is 1. The van der Waals surface area contributed by atoms with Gasteiger partial charge in [0.2, 0.25) is 5.91 Å². The molecule has 0 radical (unpaired) electrons. The summed E-state index contributed by atoms with van der Waals surface area (Å²) < 4.78 is 5.67. The fraction of sp³-hybridized carbons (Fsp3) is 0.457. The van der Waals surface area contributed by atoms with E-state index < -0.39 is 8.32 Å². The number of carbonyl (C=O) groups excluding carboxylic acids is 1. The normalized spacial score (nSPS) is 13.4. The molecule has 0 heterocycles. The maximum Gasteiger partial charge on any atom is 0.224 e. The van der Waals surface area contributed by atoms with Crippen molar-refractivity contribution in [3.05, 3.63) is 94.5 Å². The average molecular weight is 607 g/mol. The Hall–Kier alpha value is -3.17. The fourth-order valence-corrected chi connectivity index (χ4v) is 5.93. The Morgan fingerprint density at radius 3 is 2.42 bits per heavy atom. The summed E-state index contributed by atoms with van der Waals surface area (Å²) in [6, 6.07) is 21.5. The molecule has 0 unspecified atom stereocenters. The number of hydrogen-bond donors (Lipinski definition) is 5. The highest BCUT2D eigenvalue weighted by Crippen LogP contribution is 2.44. The van der Waals surface area contributed by atoms with Gasteiger partial charge in [-0.3, -0.25) is 4.79 Å². The fourth-order valence-electron chi connectivity index (χ4n) is 5.18. The first kappa shape index (κ1) is 34.3. The number of benzene rings is 3. The van der Waals surface area contributed by atoms with Gasteiger partial charge in [-0.25, -0.2) is 0 Å². The van der Waals surface area contributed by atoms with Crippen molar-refractivity contribution in [1.82, 2.24) is 10.6 Å². The van der Waals surface area contributed by atoms with Crippen molar-refractivity contribution in [2.24, 2.45) is 0 Å². The van der Waals surface area contributed by atoms with Crippen LogP contribution in [-0.2, 0) is 30.8 Å². The minimum Gasteiger partial charge on any atom is -0.508 e. The smallest absolute Gasteiger partial charge is 0.224 e. The lowest BCUT2D eigenvalue weighted by molar-refractivity contribution is -0.120. The maximum absolute atomic E-state index is 12.7. The van der Waals surface area contributed by atoms with Crippen LogP contribution in [-0.4, -0.2) is 48.4 Å². The van der Waals surface area contributed by atoms with Gasteiger partial charge in [0.25, 0.3) is 0 Å². The van der Waals surface area contributed by atoms with Gasteiger partial charge in [-0.2, -0.15) is 0 Å². The van der Waals surface area contributed by atoms with E-state index in [-0.39, 0.29) is 35.3 Å². The zero-order valence-corrected chi connectivity index (χ0v) is 27.6. The molecule has 0 fully saturated rings. The number of aliphatic hydroxyl groups excluding tert-OH is 1. The van der Waals surface area contributed by atoms with E-state index in [0.717, 1.165) is 40.8 Å². The van der Waals surface area contributed by atoms with E-state index in [0.29, 0.717) is 31.7 Å². The third kappa shape index (κ3) is 10.2. The van der Waals surface area contributed by atoms with Crippen LogP contribution in [0.5, 0.6) is 11.5 Å². The van der Waals surface area contributed by atoms with Crippen molar-refractivity contribution in [3.63, 3.8) is 0 Å². The number of amides is 1. The number of ether oxygens (including phenoxy) is 1. The summed E-state index contributed by atoms with van der Waals surface area (Å²) in [6.07, 6.45) is 1.88. The van der Waals surface area contributed by atoms with Crippen molar-refractivity contribution in [3.8, 4) is 11.5 Å². The average Bonchev–Trinajstić information content (AvgIpc) is 2.95. The lowest BCUT2D eigenvalue weighted by atomic mass is 9.88. The summed E-state index contributed by atoms with van der Waals surface area (Å²) in [6.45, 7) is 13.8. The quantitative estimate of drug-likeness (QED) is 0.132. The van der Waals surface area contributed by atoms with Crippen LogP contribution in [0.15, 0.2) is 66.7 Å². The van der Waals surface area contributed by atoms with Crippen molar-refractivity contribution in [1.29, 1.82) is 0 Å². The van der Waals surface area contributed by atoms with Gasteiger partial charge in [-0.05, 0) is 85.6 Å². The standard InChI is InChI=1S/C35H50N2O5Si/c1-7-42-33-14-9-8-13-29(33)22-37-34(40)19-27-12-10-11-26(18-27)17-25(2)36-23-31(21-35(3,4)43(5,6)41)28-15-16-32(39)30(20-28)24-38/h8-16,18,20,25,31,36,38-39,41H,7,17,19,21-24H2,1-6H3,(H,37,40)/t25-,31+/m1/s1. The van der Waals surface area contributed by atoms with Gasteiger partial charge in [0.15, 0.2) is 8.32 Å². The van der Waals surface area contributed by atoms with Crippen LogP contribution in [0.3, 0.4) is 0 Å². The third-order valence-corrected chi connectivity index (χ3v) is 12.0. The Bertz CT molecular complexity index is 1340. The van der Waals surface area contributed by atoms with Crippen molar-refractivity contribution in [2.75, 3.05) is 13.2 Å². The highest BCUT2D eigenvalue weighted by molar-refractivity contribution is 6.72. The molecule has 0 aliphatic carbocycles. The van der Waals surface area contributed by atoms with Gasteiger partial charge in [0.1, 0.15) is 11.5 Å². The molecule has 8 heteroatoms. The molecular weight excluding hydrogens is 556 g/mol. The Morgan fingerprint density at radius 1 is 1.00 bits per heavy atom. The molecule has 234 valence electrons. The predicted octanol–water partition coefficient (Wildman–Crippen LogP) is 5.81. The largest absolute Gasteiger partial charge is 0.508 e. The zero-order chi connectivity index (χ0) is 31.6. The Kier molecular flexibility index (Phi) is 12.4. The SMILES string of the molecule is CCOc1ccccc1CNC(=O)Cc1cccc(C[C@@H](C)NC[C@H](CC(C)(C)[Si](C)(C)O)c2ccc(O)c(CO)c2)c1. The number of phenols is 1. The van der Waals surface area contributed by atoms with Crippen LogP contribution in [0.2, 0.25) is 18.1 Å². The van der Waals surface area contributed by atoms with Gasteiger partial charge in [0.05, 0.1) is 19.6 Å². The monoisotopic (exact) mass is 606 g/mol. The number of para-hydroxylation sites is 1. The summed E-state index contributed by atoms with van der Waals surface area (Å²) in [7, 11) is -2.45. The van der Waals surface area contributed by atoms with Crippen LogP contribution < -0.4 is 15.4 Å². The molecule has 2 atom stereocenters. The van der Waals surface area contributed by atoms with Gasteiger partial charge < -0.3 is 30.4 Å². The first-order chi connectivity index (χ1) is 20.3. The van der Waals surface area contributed by atoms with E-state index in [9.17, 15) is 19.8 Å². The van der Waals surface area contributed by atoms with E-state index in [1.807, 2.05) is 68.5 Å². The number of aliphatic hydroxyl groups is 1. The first-order valence-corrected chi connectivity index (χ1v) is 18.2. The van der Waals surface area contributed by atoms with E-state index in [2.05, 4.69) is 43.5 Å². The molecule has 0 aliphatic heterocycles. The second-order valence-electron chi connectivity index (χ2n) is 12.7. The molecular formula is C35H50N2O5Si. The lowest BCUT2D eigenvalue weighted by Gasteiger charge is -2.38. The van der Waals surface area contributed by atoms with Gasteiger partial charge in [0, 0.05) is 30.3 Å². The third-order valence-electron chi connectivity index (χ3n) is 8.52. The Labute approximate surface area is 258 Å². The van der Waals surface area contributed by atoms with Crippen molar-refractivity contribution in [2.45, 2.75) is 90.2 Å². The van der Waals surface area contributed by atoms with E-state index >= 15 is 0 Å². The molecule has 5 N–H and O–H groups in total. The summed E-state index contributed by atoms with van der Waals surface area (Å²) in [4.78, 5) is 23.7. The van der Waals surface area contributed by atoms with Crippen LogP contribution in [0, 0.1) is 0 Å². The molecule has 0 spiro atoms. The molecule has 3 rings (SSSR count). The zero-order valence-electron chi connectivity index (χ0n) is 26.6. The lowest BCUT2D eigenvalue weighted by Crippen LogP contribution is -2.41. The molecule has 3 aromatic rings. The summed E-state index contributed by atoms with van der Waals surface area (Å²) in [5, 5.41) is 26.3. The van der Waals surface area contributed by atoms with Gasteiger partial charge >= 0.3 is 0 Å². The van der Waals surface area contributed by atoms with E-state index in [1.165, 1.54) is 0 Å². The topological polar surface area (TPSA) is 111 Å². The molecule has 0 bridgehead atoms. The summed E-state index contributed by atoms with van der Waals surface area (Å²) in [5.74, 6) is 0.934. The number of nitrogens with one attached hydrogen (secondary N) is 2. The van der Waals surface area contributed by atoms with Crippen molar-refractivity contribution < 1.29 is 24.5 Å². The number of carbonyl (C=O) groups is 1. The van der Waals surface area contributed by atoms with Crippen LogP contribution in [0.4, 0.5) is 0 Å². The first-order valence-electron chi connectivity index (χ1n) is 15.3. The molecule has 0 saturated carbocycles. The molecule has 1 amide bonds. The molecule has 43 heavy (non-hydrogen) atoms. The second kappa shape index (κ2) is 15.5.